The molecule has 1 aliphatic rings. The smallest absolute Gasteiger partial charge is 0.319 e. The molecule has 0 spiro atoms. The van der Waals surface area contributed by atoms with E-state index >= 15 is 0 Å². The number of aryl methyl sites for hydroxylation is 1. The van der Waals surface area contributed by atoms with Crippen LogP contribution in [0.1, 0.15) is 24.2 Å². The highest BCUT2D eigenvalue weighted by molar-refractivity contribution is 5.89. The summed E-state index contributed by atoms with van der Waals surface area (Å²) in [6.45, 7) is 3.50. The number of nitrogens with one attached hydrogen (secondary N) is 3. The summed E-state index contributed by atoms with van der Waals surface area (Å²) < 4.78 is 2.13. The average molecular weight is 355 g/mol. The number of nitrogens with zero attached hydrogens (tertiary/aromatic N) is 2. The number of aromatic nitrogens is 2. The van der Waals surface area contributed by atoms with Crippen molar-refractivity contribution in [1.82, 2.24) is 20.2 Å². The molecule has 0 atom stereocenters. The molecule has 7 nitrogen and oxygen atoms in total. The maximum Gasteiger partial charge on any atom is 0.319 e. The van der Waals surface area contributed by atoms with Gasteiger partial charge in [0.15, 0.2) is 0 Å². The molecule has 1 saturated carbocycles. The van der Waals surface area contributed by atoms with E-state index in [9.17, 15) is 9.59 Å². The van der Waals surface area contributed by atoms with E-state index in [-0.39, 0.29) is 17.4 Å². The average Bonchev–Trinajstić information content (AvgIpc) is 3.28. The van der Waals surface area contributed by atoms with E-state index < -0.39 is 0 Å². The summed E-state index contributed by atoms with van der Waals surface area (Å²) in [4.78, 5) is 27.9. The number of imidazole rings is 1. The summed E-state index contributed by atoms with van der Waals surface area (Å²) in [5, 5.41) is 8.41. The molecule has 1 aromatic carbocycles. The minimum Gasteiger partial charge on any atom is -0.359 e. The molecule has 1 aliphatic carbocycles. The normalized spacial score (nSPS) is 14.5. The zero-order chi connectivity index (χ0) is 18.6. The van der Waals surface area contributed by atoms with Crippen LogP contribution < -0.4 is 16.0 Å². The topological polar surface area (TPSA) is 88.0 Å². The fraction of sp³-hybridized carbons (Fsp3) is 0.421. The monoisotopic (exact) mass is 355 g/mol. The largest absolute Gasteiger partial charge is 0.359 e. The van der Waals surface area contributed by atoms with Gasteiger partial charge in [-0.15, -0.1) is 0 Å². The Balaban J connectivity index is 1.51. The van der Waals surface area contributed by atoms with Crippen LogP contribution in [-0.2, 0) is 17.8 Å². The van der Waals surface area contributed by atoms with E-state index in [2.05, 4.69) is 25.5 Å². The van der Waals surface area contributed by atoms with Crippen LogP contribution in [0.4, 0.5) is 10.5 Å². The Morgan fingerprint density at radius 2 is 2.12 bits per heavy atom. The maximum absolute atomic E-state index is 12.2. The van der Waals surface area contributed by atoms with Crippen molar-refractivity contribution in [2.75, 3.05) is 18.9 Å². The summed E-state index contributed by atoms with van der Waals surface area (Å²) in [7, 11) is 1.61. The molecule has 3 rings (SSSR count). The fourth-order valence-corrected chi connectivity index (χ4v) is 2.98. The highest BCUT2D eigenvalue weighted by Crippen LogP contribution is 2.46. The summed E-state index contributed by atoms with van der Waals surface area (Å²) in [5.41, 5.74) is 1.67. The zero-order valence-electron chi connectivity index (χ0n) is 15.2. The lowest BCUT2D eigenvalue weighted by atomic mass is 10.1. The van der Waals surface area contributed by atoms with Crippen LogP contribution in [0, 0.1) is 12.3 Å². The molecule has 1 heterocycles. The minimum absolute atomic E-state index is 0.0583. The number of likely N-dealkylation sites (N-methyl/N-ethyl adjacent to an activating group) is 1. The number of rotatable bonds is 7. The number of carbonyl (C=O) groups is 2. The van der Waals surface area contributed by atoms with Gasteiger partial charge >= 0.3 is 6.03 Å². The Morgan fingerprint density at radius 1 is 1.31 bits per heavy atom. The molecule has 138 valence electrons. The number of urea groups is 1. The number of amides is 3. The highest BCUT2D eigenvalue weighted by Gasteiger charge is 2.43. The van der Waals surface area contributed by atoms with Gasteiger partial charge in [-0.2, -0.15) is 0 Å². The van der Waals surface area contributed by atoms with Crippen molar-refractivity contribution in [3.05, 3.63) is 48.0 Å². The van der Waals surface area contributed by atoms with Crippen molar-refractivity contribution in [2.24, 2.45) is 5.41 Å². The molecule has 0 aliphatic heterocycles. The second kappa shape index (κ2) is 7.59. The molecule has 0 radical (unpaired) electrons. The zero-order valence-corrected chi connectivity index (χ0v) is 15.2. The second-order valence-corrected chi connectivity index (χ2v) is 6.96. The van der Waals surface area contributed by atoms with Gasteiger partial charge < -0.3 is 20.5 Å². The van der Waals surface area contributed by atoms with Crippen molar-refractivity contribution in [3.8, 4) is 0 Å². The number of hydrogen-bond donors (Lipinski definition) is 3. The lowest BCUT2D eigenvalue weighted by molar-refractivity contribution is -0.119. The van der Waals surface area contributed by atoms with Crippen molar-refractivity contribution < 1.29 is 9.59 Å². The third-order valence-electron chi connectivity index (χ3n) is 4.84. The van der Waals surface area contributed by atoms with Crippen molar-refractivity contribution in [3.63, 3.8) is 0 Å². The predicted molar refractivity (Wildman–Crippen MR) is 99.9 cm³/mol. The van der Waals surface area contributed by atoms with E-state index in [0.29, 0.717) is 18.7 Å². The van der Waals surface area contributed by atoms with Crippen LogP contribution in [0.3, 0.4) is 0 Å². The van der Waals surface area contributed by atoms with Gasteiger partial charge in [0.05, 0.1) is 6.42 Å². The first kappa shape index (κ1) is 18.0. The number of hydrogen-bond acceptors (Lipinski definition) is 3. The quantitative estimate of drug-likeness (QED) is 0.710. The molecule has 7 heteroatoms. The van der Waals surface area contributed by atoms with Gasteiger partial charge in [0.2, 0.25) is 5.91 Å². The van der Waals surface area contributed by atoms with Crippen LogP contribution in [0.25, 0.3) is 0 Å². The molecule has 0 unspecified atom stereocenters. The van der Waals surface area contributed by atoms with Gasteiger partial charge in [-0.25, -0.2) is 9.78 Å². The van der Waals surface area contributed by atoms with Gasteiger partial charge in [-0.3, -0.25) is 4.79 Å². The Kier molecular flexibility index (Phi) is 5.25. The molecule has 1 aromatic heterocycles. The molecule has 2 aromatic rings. The van der Waals surface area contributed by atoms with E-state index in [1.54, 1.807) is 13.2 Å². The van der Waals surface area contributed by atoms with Gasteiger partial charge in [-0.05, 0) is 37.5 Å². The summed E-state index contributed by atoms with van der Waals surface area (Å²) in [6, 6.07) is 7.10. The second-order valence-electron chi connectivity index (χ2n) is 6.96. The van der Waals surface area contributed by atoms with Crippen LogP contribution in [0.5, 0.6) is 0 Å². The number of anilines is 1. The minimum atomic E-state index is -0.226. The van der Waals surface area contributed by atoms with Crippen LogP contribution in [0.15, 0.2) is 36.7 Å². The number of benzene rings is 1. The third kappa shape index (κ3) is 4.62. The number of carbonyl (C=O) groups excluding carboxylic acids is 2. The first-order valence-corrected chi connectivity index (χ1v) is 8.82. The molecule has 0 saturated heterocycles. The predicted octanol–water partition coefficient (Wildman–Crippen LogP) is 2.08. The first-order chi connectivity index (χ1) is 12.5. The lowest BCUT2D eigenvalue weighted by Crippen LogP contribution is -2.35. The van der Waals surface area contributed by atoms with E-state index in [1.807, 2.05) is 37.4 Å². The van der Waals surface area contributed by atoms with Crippen LogP contribution >= 0.6 is 0 Å². The lowest BCUT2D eigenvalue weighted by Gasteiger charge is -2.18. The standard InChI is InChI=1S/C19H25N5O2/c1-14-21-8-9-24(14)13-19(6-7-19)12-22-18(26)23-16-5-3-4-15(10-16)11-17(25)20-2/h3-5,8-10H,6-7,11-13H2,1-2H3,(H,20,25)(H2,22,23,26). The van der Waals surface area contributed by atoms with Crippen molar-refractivity contribution >= 4 is 17.6 Å². The van der Waals surface area contributed by atoms with Gasteiger partial charge in [-0.1, -0.05) is 12.1 Å². The van der Waals surface area contributed by atoms with Gasteiger partial charge in [0.1, 0.15) is 5.82 Å². The van der Waals surface area contributed by atoms with E-state index in [1.165, 1.54) is 0 Å². The summed E-state index contributed by atoms with van der Waals surface area (Å²) in [6.07, 6.45) is 6.28. The summed E-state index contributed by atoms with van der Waals surface area (Å²) >= 11 is 0. The molecule has 26 heavy (non-hydrogen) atoms. The Labute approximate surface area is 153 Å². The van der Waals surface area contributed by atoms with E-state index in [0.717, 1.165) is 30.8 Å². The van der Waals surface area contributed by atoms with Crippen LogP contribution in [-0.4, -0.2) is 35.1 Å². The Morgan fingerprint density at radius 3 is 2.77 bits per heavy atom. The third-order valence-corrected chi connectivity index (χ3v) is 4.84. The Bertz CT molecular complexity index is 795. The maximum atomic E-state index is 12.2. The molecule has 1 fully saturated rings. The molecule has 3 N–H and O–H groups in total. The van der Waals surface area contributed by atoms with E-state index in [4.69, 9.17) is 0 Å². The van der Waals surface area contributed by atoms with Crippen molar-refractivity contribution in [1.29, 1.82) is 0 Å². The molecule has 3 amide bonds. The highest BCUT2D eigenvalue weighted by atomic mass is 16.2. The molecule has 0 bridgehead atoms. The molecular weight excluding hydrogens is 330 g/mol. The Hall–Kier alpha value is -2.83. The SMILES string of the molecule is CNC(=O)Cc1cccc(NC(=O)NCC2(Cn3ccnc3C)CC2)c1. The fourth-order valence-electron chi connectivity index (χ4n) is 2.98. The van der Waals surface area contributed by atoms with Crippen LogP contribution in [0.2, 0.25) is 0 Å². The van der Waals surface area contributed by atoms with Gasteiger partial charge in [0, 0.05) is 43.6 Å². The molecular formula is C19H25N5O2. The summed E-state index contributed by atoms with van der Waals surface area (Å²) in [5.74, 6) is 0.936. The van der Waals surface area contributed by atoms with Crippen molar-refractivity contribution in [2.45, 2.75) is 32.7 Å². The first-order valence-electron chi connectivity index (χ1n) is 8.82. The van der Waals surface area contributed by atoms with Gasteiger partial charge in [0.25, 0.3) is 0 Å².